The monoisotopic (exact) mass is 283 g/mol. The molecule has 1 aliphatic rings. The molecule has 1 aromatic carbocycles. The molecule has 0 radical (unpaired) electrons. The van der Waals surface area contributed by atoms with Gasteiger partial charge in [-0.2, -0.15) is 0 Å². The maximum atomic E-state index is 11.6. The van der Waals surface area contributed by atoms with Crippen molar-refractivity contribution in [3.8, 4) is 0 Å². The van der Waals surface area contributed by atoms with Crippen LogP contribution in [0.5, 0.6) is 0 Å². The van der Waals surface area contributed by atoms with Gasteiger partial charge in [-0.1, -0.05) is 6.92 Å². The molecule has 1 aromatic rings. The van der Waals surface area contributed by atoms with Crippen molar-refractivity contribution in [2.75, 3.05) is 11.1 Å². The van der Waals surface area contributed by atoms with Gasteiger partial charge in [-0.3, -0.25) is 0 Å². The van der Waals surface area contributed by atoms with E-state index in [9.17, 15) is 13.2 Å². The summed E-state index contributed by atoms with van der Waals surface area (Å²) in [5.74, 6) is -0.635. The zero-order chi connectivity index (χ0) is 14.0. The second-order valence-corrected chi connectivity index (χ2v) is 7.00. The van der Waals surface area contributed by atoms with Crippen LogP contribution in [0.2, 0.25) is 0 Å². The van der Waals surface area contributed by atoms with Gasteiger partial charge in [0, 0.05) is 5.69 Å². The molecule has 19 heavy (non-hydrogen) atoms. The predicted molar refractivity (Wildman–Crippen MR) is 71.9 cm³/mol. The highest BCUT2D eigenvalue weighted by Gasteiger charge is 2.36. The Morgan fingerprint density at radius 1 is 1.37 bits per heavy atom. The molecule has 6 heteroatoms. The number of anilines is 1. The number of carbonyl (C=O) groups is 1. The highest BCUT2D eigenvalue weighted by atomic mass is 32.2. The number of rotatable bonds is 6. The van der Waals surface area contributed by atoms with Crippen molar-refractivity contribution >= 4 is 21.5 Å². The average Bonchev–Trinajstić information content (AvgIpc) is 3.20. The lowest BCUT2D eigenvalue weighted by Gasteiger charge is -2.15. The van der Waals surface area contributed by atoms with E-state index in [0.717, 1.165) is 12.8 Å². The van der Waals surface area contributed by atoms with E-state index in [1.165, 1.54) is 12.1 Å². The fourth-order valence-corrected chi connectivity index (χ4v) is 2.80. The fraction of sp³-hybridized carbons (Fsp3) is 0.462. The molecule has 0 bridgehead atoms. The van der Waals surface area contributed by atoms with Crippen molar-refractivity contribution in [2.24, 2.45) is 5.92 Å². The van der Waals surface area contributed by atoms with Gasteiger partial charge in [0.1, 0.15) is 6.04 Å². The molecule has 0 saturated heterocycles. The van der Waals surface area contributed by atoms with Gasteiger partial charge in [-0.05, 0) is 43.0 Å². The Hall–Kier alpha value is -1.56. The van der Waals surface area contributed by atoms with Crippen LogP contribution in [0.4, 0.5) is 5.69 Å². The molecule has 1 aliphatic carbocycles. The number of sulfone groups is 1. The van der Waals surface area contributed by atoms with Crippen LogP contribution in [0.1, 0.15) is 19.8 Å². The van der Waals surface area contributed by atoms with E-state index in [2.05, 4.69) is 5.32 Å². The molecular weight excluding hydrogens is 266 g/mol. The largest absolute Gasteiger partial charge is 0.480 e. The zero-order valence-corrected chi connectivity index (χ0v) is 11.5. The van der Waals surface area contributed by atoms with Crippen LogP contribution in [0.15, 0.2) is 29.2 Å². The Balaban J connectivity index is 2.12. The summed E-state index contributed by atoms with van der Waals surface area (Å²) in [6, 6.07) is 5.65. The second-order valence-electron chi connectivity index (χ2n) is 4.73. The van der Waals surface area contributed by atoms with E-state index >= 15 is 0 Å². The topological polar surface area (TPSA) is 83.5 Å². The summed E-state index contributed by atoms with van der Waals surface area (Å²) in [7, 11) is -3.21. The maximum absolute atomic E-state index is 11.6. The van der Waals surface area contributed by atoms with Crippen molar-refractivity contribution in [2.45, 2.75) is 30.7 Å². The molecule has 1 unspecified atom stereocenters. The third-order valence-electron chi connectivity index (χ3n) is 3.28. The van der Waals surface area contributed by atoms with Gasteiger partial charge < -0.3 is 10.4 Å². The van der Waals surface area contributed by atoms with Crippen molar-refractivity contribution in [3.63, 3.8) is 0 Å². The molecule has 2 rings (SSSR count). The first-order chi connectivity index (χ1) is 8.94. The number of nitrogens with one attached hydrogen (secondary N) is 1. The van der Waals surface area contributed by atoms with Gasteiger partial charge in [0.15, 0.2) is 9.84 Å². The third kappa shape index (κ3) is 3.26. The molecule has 0 heterocycles. The molecule has 1 atom stereocenters. The smallest absolute Gasteiger partial charge is 0.326 e. The number of hydrogen-bond acceptors (Lipinski definition) is 4. The van der Waals surface area contributed by atoms with Crippen molar-refractivity contribution in [3.05, 3.63) is 24.3 Å². The lowest BCUT2D eigenvalue weighted by Crippen LogP contribution is -2.31. The molecule has 0 spiro atoms. The van der Waals surface area contributed by atoms with E-state index in [-0.39, 0.29) is 16.6 Å². The molecule has 0 amide bonds. The molecule has 1 saturated carbocycles. The number of carboxylic acids is 1. The number of aliphatic carboxylic acids is 1. The van der Waals surface area contributed by atoms with Crippen LogP contribution in [0, 0.1) is 5.92 Å². The van der Waals surface area contributed by atoms with E-state index in [1.807, 2.05) is 0 Å². The summed E-state index contributed by atoms with van der Waals surface area (Å²) < 4.78 is 23.3. The molecular formula is C13H17NO4S. The summed E-state index contributed by atoms with van der Waals surface area (Å²) in [5, 5.41) is 12.1. The third-order valence-corrected chi connectivity index (χ3v) is 5.03. The molecule has 2 N–H and O–H groups in total. The molecule has 104 valence electrons. The molecule has 5 nitrogen and oxygen atoms in total. The van der Waals surface area contributed by atoms with Crippen LogP contribution in [-0.2, 0) is 14.6 Å². The van der Waals surface area contributed by atoms with Gasteiger partial charge >= 0.3 is 5.97 Å². The summed E-state index contributed by atoms with van der Waals surface area (Å²) in [6.45, 7) is 1.59. The van der Waals surface area contributed by atoms with Gasteiger partial charge in [-0.25, -0.2) is 13.2 Å². The fourth-order valence-electron chi connectivity index (χ4n) is 1.92. The van der Waals surface area contributed by atoms with Crippen LogP contribution in [-0.4, -0.2) is 31.3 Å². The Labute approximate surface area is 112 Å². The lowest BCUT2D eigenvalue weighted by molar-refractivity contribution is -0.138. The van der Waals surface area contributed by atoms with Crippen LogP contribution >= 0.6 is 0 Å². The van der Waals surface area contributed by atoms with E-state index in [0.29, 0.717) is 5.69 Å². The minimum Gasteiger partial charge on any atom is -0.480 e. The average molecular weight is 283 g/mol. The standard InChI is InChI=1S/C13H17NO4S/c1-2-19(17,18)11-7-5-10(6-8-11)14-12(13(15)16)9-3-4-9/h5-9,12,14H,2-4H2,1H3,(H,15,16). The van der Waals surface area contributed by atoms with E-state index in [4.69, 9.17) is 5.11 Å². The van der Waals surface area contributed by atoms with Gasteiger partial charge in [0.25, 0.3) is 0 Å². The number of benzene rings is 1. The summed E-state index contributed by atoms with van der Waals surface area (Å²) in [4.78, 5) is 11.4. The van der Waals surface area contributed by atoms with Crippen LogP contribution in [0.25, 0.3) is 0 Å². The minimum absolute atomic E-state index is 0.0552. The van der Waals surface area contributed by atoms with Crippen molar-refractivity contribution < 1.29 is 18.3 Å². The quantitative estimate of drug-likeness (QED) is 0.831. The van der Waals surface area contributed by atoms with Crippen molar-refractivity contribution in [1.29, 1.82) is 0 Å². The lowest BCUT2D eigenvalue weighted by atomic mass is 10.1. The molecule has 0 aromatic heterocycles. The normalized spacial score (nSPS) is 16.9. The summed E-state index contributed by atoms with van der Waals surface area (Å²) >= 11 is 0. The second kappa shape index (κ2) is 5.21. The van der Waals surface area contributed by atoms with Gasteiger partial charge in [0.05, 0.1) is 10.6 Å². The van der Waals surface area contributed by atoms with Gasteiger partial charge in [-0.15, -0.1) is 0 Å². The molecule has 0 aliphatic heterocycles. The maximum Gasteiger partial charge on any atom is 0.326 e. The SMILES string of the molecule is CCS(=O)(=O)c1ccc(NC(C(=O)O)C2CC2)cc1. The van der Waals surface area contributed by atoms with Crippen molar-refractivity contribution in [1.82, 2.24) is 0 Å². The first-order valence-corrected chi connectivity index (χ1v) is 7.91. The van der Waals surface area contributed by atoms with Gasteiger partial charge in [0.2, 0.25) is 0 Å². The van der Waals surface area contributed by atoms with E-state index in [1.54, 1.807) is 19.1 Å². The Bertz CT molecular complexity index is 561. The Morgan fingerprint density at radius 2 is 1.95 bits per heavy atom. The minimum atomic E-state index is -3.21. The highest BCUT2D eigenvalue weighted by Crippen LogP contribution is 2.34. The summed E-state index contributed by atoms with van der Waals surface area (Å²) in [5.41, 5.74) is 0.634. The summed E-state index contributed by atoms with van der Waals surface area (Å²) in [6.07, 6.45) is 1.85. The molecule has 1 fully saturated rings. The first kappa shape index (κ1) is 13.9. The van der Waals surface area contributed by atoms with Crippen LogP contribution < -0.4 is 5.32 Å². The highest BCUT2D eigenvalue weighted by molar-refractivity contribution is 7.91. The zero-order valence-electron chi connectivity index (χ0n) is 10.7. The number of hydrogen-bond donors (Lipinski definition) is 2. The number of carboxylic acid groups (broad SMARTS) is 1. The Morgan fingerprint density at radius 3 is 2.37 bits per heavy atom. The predicted octanol–water partition coefficient (Wildman–Crippen LogP) is 1.76. The first-order valence-electron chi connectivity index (χ1n) is 6.26. The van der Waals surface area contributed by atoms with E-state index < -0.39 is 21.8 Å². The Kier molecular flexibility index (Phi) is 3.80. The van der Waals surface area contributed by atoms with Crippen LogP contribution in [0.3, 0.4) is 0 Å².